The first-order valence-corrected chi connectivity index (χ1v) is 8.21. The Kier molecular flexibility index (Phi) is 4.16. The Morgan fingerprint density at radius 2 is 1.96 bits per heavy atom. The predicted octanol–water partition coefficient (Wildman–Crippen LogP) is 3.28. The molecule has 1 amide bonds. The standard InChI is InChI=1S/C15H17N3O4S/c1-8(19)16-17-14-10-4-12(21-2)13(22-3)5-11(10)18(15(14)20)9-6-23-7-9/h4-5,9,20H,6-7H2,1-3H3. The maximum absolute atomic E-state index is 11.1. The fraction of sp³-hybridized carbons (Fsp3) is 0.400. The van der Waals surface area contributed by atoms with Crippen LogP contribution in [-0.4, -0.2) is 41.3 Å². The van der Waals surface area contributed by atoms with E-state index in [-0.39, 0.29) is 17.6 Å². The lowest BCUT2D eigenvalue weighted by Crippen LogP contribution is -2.22. The summed E-state index contributed by atoms with van der Waals surface area (Å²) in [5.41, 5.74) is 1.05. The highest BCUT2D eigenvalue weighted by Gasteiger charge is 2.28. The van der Waals surface area contributed by atoms with Crippen molar-refractivity contribution >= 4 is 34.3 Å². The van der Waals surface area contributed by atoms with E-state index in [1.165, 1.54) is 6.92 Å². The van der Waals surface area contributed by atoms with Gasteiger partial charge in [-0.25, -0.2) is 0 Å². The summed E-state index contributed by atoms with van der Waals surface area (Å²) in [4.78, 5) is 11.1. The van der Waals surface area contributed by atoms with Crippen LogP contribution in [0, 0.1) is 0 Å². The molecule has 0 radical (unpaired) electrons. The maximum atomic E-state index is 11.1. The quantitative estimate of drug-likeness (QED) is 0.867. The molecule has 0 spiro atoms. The lowest BCUT2D eigenvalue weighted by atomic mass is 10.2. The molecule has 0 saturated carbocycles. The van der Waals surface area contributed by atoms with Crippen LogP contribution in [0.3, 0.4) is 0 Å². The third kappa shape index (κ3) is 2.63. The average Bonchev–Trinajstić information content (AvgIpc) is 2.74. The number of hydrogen-bond acceptors (Lipinski definition) is 6. The van der Waals surface area contributed by atoms with Gasteiger partial charge in [0, 0.05) is 29.9 Å². The smallest absolute Gasteiger partial charge is 0.261 e. The number of azo groups is 1. The number of carbonyl (C=O) groups excluding carboxylic acids is 1. The van der Waals surface area contributed by atoms with Crippen molar-refractivity contribution in [2.24, 2.45) is 10.2 Å². The Balaban J connectivity index is 2.28. The fourth-order valence-electron chi connectivity index (χ4n) is 2.57. The lowest BCUT2D eigenvalue weighted by Gasteiger charge is -2.28. The number of thioether (sulfide) groups is 1. The summed E-state index contributed by atoms with van der Waals surface area (Å²) in [7, 11) is 3.10. The van der Waals surface area contributed by atoms with Crippen LogP contribution in [0.5, 0.6) is 17.4 Å². The summed E-state index contributed by atoms with van der Waals surface area (Å²) in [6.07, 6.45) is 0. The Morgan fingerprint density at radius 1 is 1.30 bits per heavy atom. The number of amides is 1. The first-order chi connectivity index (χ1) is 11.1. The average molecular weight is 335 g/mol. The van der Waals surface area contributed by atoms with Crippen LogP contribution in [0.1, 0.15) is 13.0 Å². The molecule has 1 fully saturated rings. The van der Waals surface area contributed by atoms with Crippen LogP contribution in [0.25, 0.3) is 10.9 Å². The normalized spacial score (nSPS) is 15.1. The minimum Gasteiger partial charge on any atom is -0.493 e. The number of nitrogens with zero attached hydrogens (tertiary/aromatic N) is 3. The summed E-state index contributed by atoms with van der Waals surface area (Å²) in [6.45, 7) is 1.31. The number of fused-ring (bicyclic) bond motifs is 1. The minimum absolute atomic E-state index is 0.00519. The molecule has 1 saturated heterocycles. The predicted molar refractivity (Wildman–Crippen MR) is 88.3 cm³/mol. The molecule has 1 N–H and O–H groups in total. The Hall–Kier alpha value is -2.22. The SMILES string of the molecule is COc1cc2c(N=NC(C)=O)c(O)n(C3CSC3)c2cc1OC. The van der Waals surface area contributed by atoms with E-state index >= 15 is 0 Å². The van der Waals surface area contributed by atoms with Crippen molar-refractivity contribution in [2.75, 3.05) is 25.7 Å². The van der Waals surface area contributed by atoms with E-state index in [9.17, 15) is 9.90 Å². The molecule has 122 valence electrons. The fourth-order valence-corrected chi connectivity index (χ4v) is 3.31. The van der Waals surface area contributed by atoms with E-state index in [0.717, 1.165) is 17.0 Å². The van der Waals surface area contributed by atoms with Gasteiger partial charge in [-0.05, 0) is 6.07 Å². The summed E-state index contributed by atoms with van der Waals surface area (Å²) >= 11 is 1.81. The Bertz CT molecular complexity index is 796. The van der Waals surface area contributed by atoms with Gasteiger partial charge < -0.3 is 19.1 Å². The molecule has 3 rings (SSSR count). The highest BCUT2D eigenvalue weighted by atomic mass is 32.2. The van der Waals surface area contributed by atoms with Gasteiger partial charge in [-0.2, -0.15) is 11.8 Å². The minimum atomic E-state index is -0.426. The van der Waals surface area contributed by atoms with Gasteiger partial charge >= 0.3 is 0 Å². The van der Waals surface area contributed by atoms with E-state index in [0.29, 0.717) is 16.9 Å². The number of aromatic hydroxyl groups is 1. The number of hydrogen-bond donors (Lipinski definition) is 1. The molecule has 0 atom stereocenters. The van der Waals surface area contributed by atoms with Crippen LogP contribution in [0.2, 0.25) is 0 Å². The molecule has 1 aliphatic rings. The van der Waals surface area contributed by atoms with Gasteiger partial charge in [0.15, 0.2) is 17.2 Å². The van der Waals surface area contributed by atoms with Gasteiger partial charge in [0.2, 0.25) is 5.88 Å². The first kappa shape index (κ1) is 15.7. The molecule has 23 heavy (non-hydrogen) atoms. The third-order valence-electron chi connectivity index (χ3n) is 3.73. The second kappa shape index (κ2) is 6.11. The van der Waals surface area contributed by atoms with Crippen LogP contribution < -0.4 is 9.47 Å². The van der Waals surface area contributed by atoms with Gasteiger partial charge in [-0.3, -0.25) is 4.79 Å². The molecule has 0 aliphatic carbocycles. The number of ether oxygens (including phenoxy) is 2. The van der Waals surface area contributed by atoms with Crippen molar-refractivity contribution in [1.82, 2.24) is 4.57 Å². The van der Waals surface area contributed by atoms with E-state index in [1.54, 1.807) is 32.0 Å². The Morgan fingerprint density at radius 3 is 2.48 bits per heavy atom. The van der Waals surface area contributed by atoms with Gasteiger partial charge in [-0.15, -0.1) is 10.2 Å². The molecular weight excluding hydrogens is 318 g/mol. The zero-order valence-electron chi connectivity index (χ0n) is 13.1. The molecule has 1 aliphatic heterocycles. The summed E-state index contributed by atoms with van der Waals surface area (Å²) in [5.74, 6) is 2.50. The number of methoxy groups -OCH3 is 2. The summed E-state index contributed by atoms with van der Waals surface area (Å²) in [6, 6.07) is 3.73. The van der Waals surface area contributed by atoms with Crippen molar-refractivity contribution in [3.8, 4) is 17.4 Å². The van der Waals surface area contributed by atoms with Gasteiger partial charge in [-0.1, -0.05) is 0 Å². The van der Waals surface area contributed by atoms with Crippen LogP contribution >= 0.6 is 11.8 Å². The molecular formula is C15H17N3O4S. The van der Waals surface area contributed by atoms with Crippen LogP contribution in [0.15, 0.2) is 22.4 Å². The van der Waals surface area contributed by atoms with E-state index in [1.807, 2.05) is 10.6 Å². The largest absolute Gasteiger partial charge is 0.493 e. The van der Waals surface area contributed by atoms with Crippen molar-refractivity contribution in [2.45, 2.75) is 13.0 Å². The number of benzene rings is 1. The molecule has 0 unspecified atom stereocenters. The number of aromatic nitrogens is 1. The van der Waals surface area contributed by atoms with Gasteiger partial charge in [0.1, 0.15) is 0 Å². The second-order valence-electron chi connectivity index (χ2n) is 5.18. The molecule has 1 aromatic heterocycles. The first-order valence-electron chi connectivity index (χ1n) is 7.05. The van der Waals surface area contributed by atoms with E-state index < -0.39 is 5.91 Å². The number of rotatable bonds is 4. The monoisotopic (exact) mass is 335 g/mol. The molecule has 8 heteroatoms. The van der Waals surface area contributed by atoms with Gasteiger partial charge in [0.25, 0.3) is 5.91 Å². The Labute approximate surface area is 137 Å². The van der Waals surface area contributed by atoms with Crippen LogP contribution in [-0.2, 0) is 4.79 Å². The van der Waals surface area contributed by atoms with Crippen LogP contribution in [0.4, 0.5) is 5.69 Å². The third-order valence-corrected chi connectivity index (χ3v) is 4.97. The van der Waals surface area contributed by atoms with E-state index in [2.05, 4.69) is 10.2 Å². The highest BCUT2D eigenvalue weighted by Crippen LogP contribution is 2.47. The molecule has 0 bridgehead atoms. The van der Waals surface area contributed by atoms with Gasteiger partial charge in [0.05, 0.1) is 25.8 Å². The second-order valence-corrected chi connectivity index (χ2v) is 6.25. The van der Waals surface area contributed by atoms with E-state index in [4.69, 9.17) is 9.47 Å². The summed E-state index contributed by atoms with van der Waals surface area (Å²) in [5, 5.41) is 18.7. The summed E-state index contributed by atoms with van der Waals surface area (Å²) < 4.78 is 12.5. The molecule has 2 heterocycles. The molecule has 2 aromatic rings. The molecule has 7 nitrogen and oxygen atoms in total. The van der Waals surface area contributed by atoms with Crippen molar-refractivity contribution in [3.05, 3.63) is 12.1 Å². The number of carbonyl (C=O) groups is 1. The van der Waals surface area contributed by atoms with Crippen molar-refractivity contribution < 1.29 is 19.4 Å². The zero-order valence-corrected chi connectivity index (χ0v) is 13.9. The zero-order chi connectivity index (χ0) is 16.6. The maximum Gasteiger partial charge on any atom is 0.261 e. The highest BCUT2D eigenvalue weighted by molar-refractivity contribution is 8.00. The van der Waals surface area contributed by atoms with Crippen molar-refractivity contribution in [3.63, 3.8) is 0 Å². The van der Waals surface area contributed by atoms with Crippen molar-refractivity contribution in [1.29, 1.82) is 0 Å². The topological polar surface area (TPSA) is 85.4 Å². The lowest BCUT2D eigenvalue weighted by molar-refractivity contribution is -0.116. The molecule has 1 aromatic carbocycles.